The maximum atomic E-state index is 12.3. The second-order valence-electron chi connectivity index (χ2n) is 6.32. The highest BCUT2D eigenvalue weighted by atomic mass is 35.5. The molecule has 9 heteroatoms. The number of nitrogens with one attached hydrogen (secondary N) is 1. The van der Waals surface area contributed by atoms with Crippen LogP contribution in [0.2, 0.25) is 5.02 Å². The van der Waals surface area contributed by atoms with Crippen molar-refractivity contribution in [1.82, 2.24) is 9.78 Å². The molecule has 0 spiro atoms. The topological polar surface area (TPSA) is 65.4 Å². The molecule has 0 fully saturated rings. The van der Waals surface area contributed by atoms with Crippen LogP contribution in [0.15, 0.2) is 48.7 Å². The zero-order chi connectivity index (χ0) is 21.0. The fourth-order valence-electron chi connectivity index (χ4n) is 2.68. The van der Waals surface area contributed by atoms with Crippen LogP contribution in [0.5, 0.6) is 11.5 Å². The van der Waals surface area contributed by atoms with Crippen LogP contribution in [0.25, 0.3) is 0 Å². The standard InChI is InChI=1S/C20H18ClF2N3O3/c1-12-7-13(2)9-15(8-12)28-11-26-6-5-17(25-26)19(27)24-14-3-4-18(16(21)10-14)29-20(22)23/h3-10,20H,11H2,1-2H3,(H,24,27). The molecule has 152 valence electrons. The number of rotatable bonds is 7. The van der Waals surface area contributed by atoms with Gasteiger partial charge in [-0.1, -0.05) is 17.7 Å². The Kier molecular flexibility index (Phi) is 6.33. The number of aromatic nitrogens is 2. The van der Waals surface area contributed by atoms with E-state index in [2.05, 4.69) is 15.2 Å². The highest BCUT2D eigenvalue weighted by molar-refractivity contribution is 6.32. The van der Waals surface area contributed by atoms with E-state index in [0.717, 1.165) is 11.1 Å². The quantitative estimate of drug-likeness (QED) is 0.580. The molecule has 0 saturated carbocycles. The number of amides is 1. The molecular weight excluding hydrogens is 404 g/mol. The molecule has 0 aliphatic rings. The molecule has 29 heavy (non-hydrogen) atoms. The summed E-state index contributed by atoms with van der Waals surface area (Å²) < 4.78 is 36.0. The van der Waals surface area contributed by atoms with Crippen LogP contribution < -0.4 is 14.8 Å². The van der Waals surface area contributed by atoms with E-state index in [1.54, 1.807) is 6.20 Å². The Morgan fingerprint density at radius 2 is 1.90 bits per heavy atom. The lowest BCUT2D eigenvalue weighted by Gasteiger charge is -2.09. The normalized spacial score (nSPS) is 10.8. The van der Waals surface area contributed by atoms with Crippen LogP contribution in [0.3, 0.4) is 0 Å². The van der Waals surface area contributed by atoms with Gasteiger partial charge in [0.1, 0.15) is 11.5 Å². The molecule has 0 aliphatic carbocycles. The smallest absolute Gasteiger partial charge is 0.387 e. The van der Waals surface area contributed by atoms with Crippen LogP contribution in [-0.4, -0.2) is 22.3 Å². The molecule has 1 aromatic heterocycles. The van der Waals surface area contributed by atoms with Gasteiger partial charge in [-0.3, -0.25) is 4.79 Å². The fourth-order valence-corrected chi connectivity index (χ4v) is 2.90. The van der Waals surface area contributed by atoms with Crippen molar-refractivity contribution >= 4 is 23.2 Å². The van der Waals surface area contributed by atoms with Crippen molar-refractivity contribution in [3.05, 3.63) is 70.5 Å². The minimum Gasteiger partial charge on any atom is -0.471 e. The average molecular weight is 422 g/mol. The highest BCUT2D eigenvalue weighted by Crippen LogP contribution is 2.29. The van der Waals surface area contributed by atoms with E-state index in [0.29, 0.717) is 11.4 Å². The van der Waals surface area contributed by atoms with Gasteiger partial charge in [0.05, 0.1) is 5.02 Å². The molecule has 6 nitrogen and oxygen atoms in total. The third-order valence-electron chi connectivity index (χ3n) is 3.84. The summed E-state index contributed by atoms with van der Waals surface area (Å²) in [4.78, 5) is 12.3. The maximum absolute atomic E-state index is 12.3. The Balaban J connectivity index is 1.61. The third-order valence-corrected chi connectivity index (χ3v) is 4.13. The molecule has 0 saturated heterocycles. The van der Waals surface area contributed by atoms with Gasteiger partial charge in [-0.25, -0.2) is 4.68 Å². The number of ether oxygens (including phenoxy) is 2. The first-order chi connectivity index (χ1) is 13.8. The van der Waals surface area contributed by atoms with Gasteiger partial charge in [0, 0.05) is 11.9 Å². The molecule has 0 radical (unpaired) electrons. The number of nitrogens with zero attached hydrogens (tertiary/aromatic N) is 2. The number of halogens is 3. The number of hydrogen-bond donors (Lipinski definition) is 1. The number of carbonyl (C=O) groups is 1. The summed E-state index contributed by atoms with van der Waals surface area (Å²) in [5, 5.41) is 6.72. The van der Waals surface area contributed by atoms with E-state index in [-0.39, 0.29) is 23.2 Å². The maximum Gasteiger partial charge on any atom is 0.387 e. The summed E-state index contributed by atoms with van der Waals surface area (Å²) in [5.74, 6) is 0.0611. The Morgan fingerprint density at radius 1 is 1.17 bits per heavy atom. The summed E-state index contributed by atoms with van der Waals surface area (Å²) in [6.07, 6.45) is 1.62. The van der Waals surface area contributed by atoms with Gasteiger partial charge in [-0.05, 0) is 61.4 Å². The first-order valence-corrected chi connectivity index (χ1v) is 8.98. The van der Waals surface area contributed by atoms with Gasteiger partial charge in [0.25, 0.3) is 5.91 Å². The van der Waals surface area contributed by atoms with Gasteiger partial charge >= 0.3 is 6.61 Å². The van der Waals surface area contributed by atoms with Crippen LogP contribution in [0.1, 0.15) is 21.6 Å². The van der Waals surface area contributed by atoms with Crippen LogP contribution in [0, 0.1) is 13.8 Å². The van der Waals surface area contributed by atoms with E-state index >= 15 is 0 Å². The summed E-state index contributed by atoms with van der Waals surface area (Å²) in [5.41, 5.74) is 2.66. The SMILES string of the molecule is Cc1cc(C)cc(OCn2ccc(C(=O)Nc3ccc(OC(F)F)c(Cl)c3)n2)c1. The second kappa shape index (κ2) is 8.91. The van der Waals surface area contributed by atoms with E-state index in [1.165, 1.54) is 28.9 Å². The number of carbonyl (C=O) groups excluding carboxylic acids is 1. The summed E-state index contributed by atoms with van der Waals surface area (Å²) in [7, 11) is 0. The number of anilines is 1. The number of alkyl halides is 2. The Hall–Kier alpha value is -3.13. The number of aryl methyl sites for hydroxylation is 2. The van der Waals surface area contributed by atoms with Gasteiger partial charge in [-0.2, -0.15) is 13.9 Å². The summed E-state index contributed by atoms with van der Waals surface area (Å²) in [6, 6.07) is 11.4. The van der Waals surface area contributed by atoms with Gasteiger partial charge in [-0.15, -0.1) is 0 Å². The molecular formula is C20H18ClF2N3O3. The summed E-state index contributed by atoms with van der Waals surface area (Å²) >= 11 is 5.88. The predicted octanol–water partition coefficient (Wildman–Crippen LogP) is 5.04. The third kappa shape index (κ3) is 5.68. The Labute approximate surface area is 171 Å². The fraction of sp³-hybridized carbons (Fsp3) is 0.200. The molecule has 0 aliphatic heterocycles. The van der Waals surface area contributed by atoms with Gasteiger partial charge < -0.3 is 14.8 Å². The van der Waals surface area contributed by atoms with E-state index < -0.39 is 12.5 Å². The van der Waals surface area contributed by atoms with E-state index in [9.17, 15) is 13.6 Å². The molecule has 1 amide bonds. The van der Waals surface area contributed by atoms with Gasteiger partial charge in [0.15, 0.2) is 12.4 Å². The van der Waals surface area contributed by atoms with Crippen molar-refractivity contribution in [2.24, 2.45) is 0 Å². The van der Waals surface area contributed by atoms with Crippen molar-refractivity contribution in [1.29, 1.82) is 0 Å². The lowest BCUT2D eigenvalue weighted by Crippen LogP contribution is -2.14. The first-order valence-electron chi connectivity index (χ1n) is 8.60. The molecule has 0 unspecified atom stereocenters. The van der Waals surface area contributed by atoms with Crippen molar-refractivity contribution in [2.75, 3.05) is 5.32 Å². The summed E-state index contributed by atoms with van der Waals surface area (Å²) in [6.45, 7) is 1.12. The largest absolute Gasteiger partial charge is 0.471 e. The number of benzene rings is 2. The molecule has 1 heterocycles. The first kappa shape index (κ1) is 20.6. The Bertz CT molecular complexity index is 1000. The van der Waals surface area contributed by atoms with E-state index in [1.807, 2.05) is 32.0 Å². The minimum atomic E-state index is -2.98. The van der Waals surface area contributed by atoms with Crippen LogP contribution in [-0.2, 0) is 6.73 Å². The molecule has 0 atom stereocenters. The van der Waals surface area contributed by atoms with Crippen LogP contribution >= 0.6 is 11.6 Å². The second-order valence-corrected chi connectivity index (χ2v) is 6.72. The van der Waals surface area contributed by atoms with Crippen molar-refractivity contribution in [3.63, 3.8) is 0 Å². The molecule has 0 bridgehead atoms. The molecule has 2 aromatic carbocycles. The molecule has 3 aromatic rings. The zero-order valence-electron chi connectivity index (χ0n) is 15.7. The molecule has 3 rings (SSSR count). The van der Waals surface area contributed by atoms with Crippen molar-refractivity contribution < 1.29 is 23.0 Å². The number of hydrogen-bond acceptors (Lipinski definition) is 4. The predicted molar refractivity (Wildman–Crippen MR) is 105 cm³/mol. The van der Waals surface area contributed by atoms with E-state index in [4.69, 9.17) is 16.3 Å². The zero-order valence-corrected chi connectivity index (χ0v) is 16.4. The van der Waals surface area contributed by atoms with Crippen molar-refractivity contribution in [2.45, 2.75) is 27.2 Å². The van der Waals surface area contributed by atoms with Gasteiger partial charge in [0.2, 0.25) is 0 Å². The monoisotopic (exact) mass is 421 g/mol. The molecule has 1 N–H and O–H groups in total. The minimum absolute atomic E-state index is 0.0459. The van der Waals surface area contributed by atoms with Crippen molar-refractivity contribution in [3.8, 4) is 11.5 Å². The Morgan fingerprint density at radius 3 is 2.55 bits per heavy atom. The lowest BCUT2D eigenvalue weighted by atomic mass is 10.1. The average Bonchev–Trinajstić information content (AvgIpc) is 3.10. The lowest BCUT2D eigenvalue weighted by molar-refractivity contribution is -0.0497. The highest BCUT2D eigenvalue weighted by Gasteiger charge is 2.13. The van der Waals surface area contributed by atoms with Crippen LogP contribution in [0.4, 0.5) is 14.5 Å².